The molecule has 1 N–H and O–H groups in total. The SMILES string of the molecule is CC1CCC(C(=O)O)CN1S(=O)(=O)N1CC2CCC1C2. The molecule has 3 aliphatic rings. The molecule has 20 heavy (non-hydrogen) atoms. The van der Waals surface area contributed by atoms with Crippen molar-refractivity contribution in [3.63, 3.8) is 0 Å². The number of hydrogen-bond donors (Lipinski definition) is 1. The minimum atomic E-state index is -3.50. The highest BCUT2D eigenvalue weighted by molar-refractivity contribution is 7.86. The molecule has 3 rings (SSSR count). The average Bonchev–Trinajstić information content (AvgIpc) is 3.01. The summed E-state index contributed by atoms with van der Waals surface area (Å²) >= 11 is 0. The Morgan fingerprint density at radius 2 is 1.85 bits per heavy atom. The van der Waals surface area contributed by atoms with Gasteiger partial charge in [-0.3, -0.25) is 4.79 Å². The molecular weight excluding hydrogens is 280 g/mol. The van der Waals surface area contributed by atoms with Crippen LogP contribution in [0.2, 0.25) is 0 Å². The summed E-state index contributed by atoms with van der Waals surface area (Å²) in [5.74, 6) is -0.953. The first-order valence-corrected chi connectivity index (χ1v) is 8.80. The van der Waals surface area contributed by atoms with Gasteiger partial charge in [-0.25, -0.2) is 0 Å². The lowest BCUT2D eigenvalue weighted by Crippen LogP contribution is -2.54. The van der Waals surface area contributed by atoms with Gasteiger partial charge in [0.2, 0.25) is 0 Å². The van der Waals surface area contributed by atoms with Crippen LogP contribution in [-0.4, -0.2) is 53.3 Å². The van der Waals surface area contributed by atoms with E-state index in [9.17, 15) is 13.2 Å². The Balaban J connectivity index is 1.80. The van der Waals surface area contributed by atoms with Crippen LogP contribution in [0.1, 0.15) is 39.0 Å². The second-order valence-electron chi connectivity index (χ2n) is 6.44. The zero-order valence-electron chi connectivity index (χ0n) is 11.7. The van der Waals surface area contributed by atoms with Gasteiger partial charge in [0.25, 0.3) is 10.2 Å². The fourth-order valence-corrected chi connectivity index (χ4v) is 6.06. The van der Waals surface area contributed by atoms with Gasteiger partial charge in [0, 0.05) is 25.2 Å². The average molecular weight is 302 g/mol. The molecule has 0 aromatic heterocycles. The maximum absolute atomic E-state index is 12.8. The minimum Gasteiger partial charge on any atom is -0.481 e. The first-order valence-electron chi connectivity index (χ1n) is 7.41. The number of hydrogen-bond acceptors (Lipinski definition) is 3. The summed E-state index contributed by atoms with van der Waals surface area (Å²) in [6, 6.07) is 0.0390. The van der Waals surface area contributed by atoms with Gasteiger partial charge in [0.05, 0.1) is 5.92 Å². The highest BCUT2D eigenvalue weighted by atomic mass is 32.2. The summed E-state index contributed by atoms with van der Waals surface area (Å²) in [5, 5.41) is 9.14. The Kier molecular flexibility index (Phi) is 3.54. The molecule has 1 aliphatic carbocycles. The van der Waals surface area contributed by atoms with Gasteiger partial charge in [0.15, 0.2) is 0 Å². The van der Waals surface area contributed by atoms with E-state index in [1.54, 1.807) is 4.31 Å². The number of carbonyl (C=O) groups is 1. The van der Waals surface area contributed by atoms with Gasteiger partial charge in [-0.15, -0.1) is 0 Å². The predicted molar refractivity (Wildman–Crippen MR) is 73.3 cm³/mol. The van der Waals surface area contributed by atoms with Crippen molar-refractivity contribution < 1.29 is 18.3 Å². The number of carboxylic acid groups (broad SMARTS) is 1. The highest BCUT2D eigenvalue weighted by Crippen LogP contribution is 2.40. The lowest BCUT2D eigenvalue weighted by molar-refractivity contribution is -0.143. The molecule has 4 unspecified atom stereocenters. The normalized spacial score (nSPS) is 39.2. The fourth-order valence-electron chi connectivity index (χ4n) is 3.89. The molecule has 0 radical (unpaired) electrons. The monoisotopic (exact) mass is 302 g/mol. The van der Waals surface area contributed by atoms with Crippen molar-refractivity contribution in [2.45, 2.75) is 51.1 Å². The Bertz CT molecular complexity index is 507. The zero-order valence-corrected chi connectivity index (χ0v) is 12.6. The molecule has 114 valence electrons. The predicted octanol–water partition coefficient (Wildman–Crippen LogP) is 0.901. The van der Waals surface area contributed by atoms with Crippen LogP contribution in [0, 0.1) is 11.8 Å². The van der Waals surface area contributed by atoms with Gasteiger partial charge < -0.3 is 5.11 Å². The van der Waals surface area contributed by atoms with Crippen molar-refractivity contribution in [2.75, 3.05) is 13.1 Å². The molecule has 3 fully saturated rings. The van der Waals surface area contributed by atoms with Crippen LogP contribution in [0.4, 0.5) is 0 Å². The van der Waals surface area contributed by atoms with Crippen molar-refractivity contribution >= 4 is 16.2 Å². The van der Waals surface area contributed by atoms with Gasteiger partial charge in [-0.05, 0) is 44.9 Å². The number of nitrogens with zero attached hydrogens (tertiary/aromatic N) is 2. The van der Waals surface area contributed by atoms with E-state index in [0.717, 1.165) is 19.3 Å². The quantitative estimate of drug-likeness (QED) is 0.840. The van der Waals surface area contributed by atoms with Crippen LogP contribution < -0.4 is 0 Å². The molecule has 1 saturated carbocycles. The Labute approximate surface area is 119 Å². The molecule has 2 aliphatic heterocycles. The van der Waals surface area contributed by atoms with Crippen LogP contribution in [0.15, 0.2) is 0 Å². The second kappa shape index (κ2) is 4.96. The lowest BCUT2D eigenvalue weighted by Gasteiger charge is -2.39. The molecular formula is C13H22N2O4S. The van der Waals surface area contributed by atoms with Crippen molar-refractivity contribution in [2.24, 2.45) is 11.8 Å². The fraction of sp³-hybridized carbons (Fsp3) is 0.923. The molecule has 0 aromatic carbocycles. The van der Waals surface area contributed by atoms with Crippen molar-refractivity contribution in [1.82, 2.24) is 8.61 Å². The third-order valence-corrected chi connectivity index (χ3v) is 7.27. The number of rotatable bonds is 3. The molecule has 0 aromatic rings. The van der Waals surface area contributed by atoms with Crippen molar-refractivity contribution in [3.05, 3.63) is 0 Å². The number of aliphatic carboxylic acids is 1. The van der Waals surface area contributed by atoms with Crippen LogP contribution in [0.3, 0.4) is 0 Å². The van der Waals surface area contributed by atoms with Crippen molar-refractivity contribution in [3.8, 4) is 0 Å². The molecule has 4 atom stereocenters. The molecule has 0 spiro atoms. The van der Waals surface area contributed by atoms with E-state index in [1.807, 2.05) is 6.92 Å². The number of fused-ring (bicyclic) bond motifs is 2. The summed E-state index contributed by atoms with van der Waals surface area (Å²) in [6.45, 7) is 2.62. The molecule has 2 heterocycles. The molecule has 2 bridgehead atoms. The van der Waals surface area contributed by atoms with E-state index < -0.39 is 22.1 Å². The largest absolute Gasteiger partial charge is 0.481 e. The van der Waals surface area contributed by atoms with E-state index in [0.29, 0.717) is 25.3 Å². The Morgan fingerprint density at radius 1 is 1.10 bits per heavy atom. The second-order valence-corrected chi connectivity index (χ2v) is 8.28. The van der Waals surface area contributed by atoms with Crippen LogP contribution in [0.25, 0.3) is 0 Å². The van der Waals surface area contributed by atoms with Crippen LogP contribution in [-0.2, 0) is 15.0 Å². The molecule has 0 amide bonds. The maximum atomic E-state index is 12.8. The van der Waals surface area contributed by atoms with E-state index in [4.69, 9.17) is 5.11 Å². The Morgan fingerprint density at radius 3 is 2.40 bits per heavy atom. The Hall–Kier alpha value is -0.660. The number of carboxylic acids is 1. The third-order valence-electron chi connectivity index (χ3n) is 5.13. The van der Waals surface area contributed by atoms with Crippen LogP contribution in [0.5, 0.6) is 0 Å². The molecule has 7 heteroatoms. The number of piperidine rings is 2. The highest BCUT2D eigenvalue weighted by Gasteiger charge is 2.48. The lowest BCUT2D eigenvalue weighted by atomic mass is 9.96. The van der Waals surface area contributed by atoms with E-state index in [2.05, 4.69) is 0 Å². The summed E-state index contributed by atoms with van der Waals surface area (Å²) in [7, 11) is -3.50. The van der Waals surface area contributed by atoms with Gasteiger partial charge in [0.1, 0.15) is 0 Å². The minimum absolute atomic E-state index is 0.102. The first-order chi connectivity index (χ1) is 9.39. The van der Waals surface area contributed by atoms with Gasteiger partial charge in [-0.1, -0.05) is 0 Å². The van der Waals surface area contributed by atoms with E-state index in [-0.39, 0.29) is 18.6 Å². The van der Waals surface area contributed by atoms with Crippen LogP contribution >= 0.6 is 0 Å². The summed E-state index contributed by atoms with van der Waals surface area (Å²) in [4.78, 5) is 11.1. The standard InChI is InChI=1S/C13H22N2O4S/c1-9-2-4-11(13(16)17)8-14(9)20(18,19)15-7-10-3-5-12(15)6-10/h9-12H,2-8H2,1H3,(H,16,17). The van der Waals surface area contributed by atoms with Gasteiger partial charge in [-0.2, -0.15) is 17.0 Å². The molecule has 6 nitrogen and oxygen atoms in total. The smallest absolute Gasteiger partial charge is 0.307 e. The zero-order chi connectivity index (χ0) is 14.5. The summed E-state index contributed by atoms with van der Waals surface area (Å²) in [5.41, 5.74) is 0. The first kappa shape index (κ1) is 14.3. The van der Waals surface area contributed by atoms with Crippen molar-refractivity contribution in [1.29, 1.82) is 0 Å². The summed E-state index contributed by atoms with van der Waals surface area (Å²) < 4.78 is 28.7. The third kappa shape index (κ3) is 2.25. The summed E-state index contributed by atoms with van der Waals surface area (Å²) in [6.07, 6.45) is 4.25. The maximum Gasteiger partial charge on any atom is 0.307 e. The van der Waals surface area contributed by atoms with E-state index in [1.165, 1.54) is 4.31 Å². The molecule has 2 saturated heterocycles. The topological polar surface area (TPSA) is 77.9 Å². The van der Waals surface area contributed by atoms with Gasteiger partial charge >= 0.3 is 5.97 Å². The van der Waals surface area contributed by atoms with E-state index >= 15 is 0 Å².